The van der Waals surface area contributed by atoms with Crippen molar-refractivity contribution in [3.8, 4) is 0 Å². The van der Waals surface area contributed by atoms with E-state index in [0.29, 0.717) is 0 Å². The average molecular weight is 260 g/mol. The molecule has 0 amide bonds. The van der Waals surface area contributed by atoms with Gasteiger partial charge in [-0.3, -0.25) is 0 Å². The van der Waals surface area contributed by atoms with Crippen LogP contribution in [0.4, 0.5) is 4.79 Å². The molecule has 0 saturated heterocycles. The Labute approximate surface area is 175 Å². The van der Waals surface area contributed by atoms with Crippen LogP contribution in [0.1, 0.15) is 0 Å². The van der Waals surface area contributed by atoms with Crippen molar-refractivity contribution in [2.75, 3.05) is 0 Å². The molecular formula is CH2K2O5Sr. The molecule has 0 aromatic carbocycles. The van der Waals surface area contributed by atoms with E-state index in [-0.39, 0.29) is 159 Å². The summed E-state index contributed by atoms with van der Waals surface area (Å²) in [5.74, 6) is 0. The maximum absolute atomic E-state index is 8.33. The minimum Gasteiger partial charge on any atom is -0.870 e. The van der Waals surface area contributed by atoms with Crippen molar-refractivity contribution in [2.45, 2.75) is 0 Å². The summed E-state index contributed by atoms with van der Waals surface area (Å²) in [4.78, 5) is 8.33. The van der Waals surface area contributed by atoms with Crippen molar-refractivity contribution >= 4 is 51.6 Å². The molecule has 0 aromatic rings. The van der Waals surface area contributed by atoms with Crippen LogP contribution in [0.2, 0.25) is 0 Å². The van der Waals surface area contributed by atoms with Gasteiger partial charge in [0.05, 0.1) is 0 Å². The summed E-state index contributed by atoms with van der Waals surface area (Å²) < 4.78 is 0. The zero-order valence-corrected chi connectivity index (χ0v) is 15.0. The molecule has 8 heteroatoms. The normalized spacial score (nSPS) is 2.67. The first-order valence-corrected chi connectivity index (χ1v) is 0.612. The van der Waals surface area contributed by atoms with Crippen LogP contribution < -0.4 is 113 Å². The zero-order valence-electron chi connectivity index (χ0n) is 5.33. The molecule has 0 aromatic heterocycles. The molecule has 2 N–H and O–H groups in total. The van der Waals surface area contributed by atoms with E-state index in [1.165, 1.54) is 0 Å². The number of hydrogen-bond donors (Lipinski definition) is 0. The van der Waals surface area contributed by atoms with Crippen LogP contribution in [0, 0.1) is 0 Å². The van der Waals surface area contributed by atoms with Crippen molar-refractivity contribution in [1.82, 2.24) is 0 Å². The molecule has 0 radical (unpaired) electrons. The second kappa shape index (κ2) is 29.7. The van der Waals surface area contributed by atoms with Crippen LogP contribution in [0.3, 0.4) is 0 Å². The molecule has 0 aliphatic rings. The van der Waals surface area contributed by atoms with Gasteiger partial charge in [0.25, 0.3) is 0 Å². The summed E-state index contributed by atoms with van der Waals surface area (Å²) >= 11 is 0. The van der Waals surface area contributed by atoms with Crippen molar-refractivity contribution in [1.29, 1.82) is 0 Å². The number of rotatable bonds is 0. The summed E-state index contributed by atoms with van der Waals surface area (Å²) in [6.45, 7) is 0. The Balaban J connectivity index is -0.00000000450. The van der Waals surface area contributed by atoms with E-state index in [0.717, 1.165) is 0 Å². The van der Waals surface area contributed by atoms with Crippen molar-refractivity contribution in [3.63, 3.8) is 0 Å². The van der Waals surface area contributed by atoms with E-state index in [1.54, 1.807) is 0 Å². The van der Waals surface area contributed by atoms with Gasteiger partial charge in [0, 0.05) is 0 Å². The van der Waals surface area contributed by atoms with E-state index in [2.05, 4.69) is 0 Å². The van der Waals surface area contributed by atoms with Crippen LogP contribution >= 0.6 is 0 Å². The third-order valence-electron chi connectivity index (χ3n) is 0. The van der Waals surface area contributed by atoms with Gasteiger partial charge in [0.2, 0.25) is 0 Å². The second-order valence-corrected chi connectivity index (χ2v) is 0.250. The van der Waals surface area contributed by atoms with Gasteiger partial charge in [-0.05, 0) is 6.16 Å². The molecule has 0 aliphatic carbocycles. The Kier molecular flexibility index (Phi) is 126. The summed E-state index contributed by atoms with van der Waals surface area (Å²) in [5.41, 5.74) is 0. The molecule has 0 aliphatic heterocycles. The predicted molar refractivity (Wildman–Crippen MR) is 15.0 cm³/mol. The topological polar surface area (TPSA) is 123 Å². The average Bonchev–Trinajstić information content (AvgIpc) is 0.811. The van der Waals surface area contributed by atoms with Crippen LogP contribution in [0.25, 0.3) is 0 Å². The molecular weight excluding hydrogens is 258 g/mol. The number of carbonyl (C=O) groups is 1. The zero-order chi connectivity index (χ0) is 3.58. The first-order chi connectivity index (χ1) is 1.73. The molecule has 0 fully saturated rings. The van der Waals surface area contributed by atoms with Gasteiger partial charge in [-0.1, -0.05) is 0 Å². The van der Waals surface area contributed by atoms with Gasteiger partial charge in [0.15, 0.2) is 0 Å². The van der Waals surface area contributed by atoms with Crippen LogP contribution in [0.15, 0.2) is 0 Å². The molecule has 40 valence electrons. The SMILES string of the molecule is O=C([O-])[O-].[K+].[K+].[OH-].[OH-].[Sr+2]. The maximum Gasteiger partial charge on any atom is 2.00 e. The fourth-order valence-corrected chi connectivity index (χ4v) is 0. The standard InChI is InChI=1S/CH2O3.2K.2H2O.Sr/c2-1(3)4;;;;;/h(H2,2,3,4);;;2*1H2;/q;2*+1;;;+2/p-4. The third-order valence-corrected chi connectivity index (χ3v) is 0. The number of hydrogen-bond acceptors (Lipinski definition) is 5. The molecule has 0 atom stereocenters. The summed E-state index contributed by atoms with van der Waals surface area (Å²) in [5, 5.41) is 16.7. The molecule has 5 nitrogen and oxygen atoms in total. The monoisotopic (exact) mass is 260 g/mol. The van der Waals surface area contributed by atoms with E-state index in [9.17, 15) is 0 Å². The van der Waals surface area contributed by atoms with E-state index < -0.39 is 6.16 Å². The molecule has 0 bridgehead atoms. The van der Waals surface area contributed by atoms with Crippen molar-refractivity contribution < 1.29 is 129 Å². The van der Waals surface area contributed by atoms with Gasteiger partial charge in [-0.15, -0.1) is 0 Å². The first kappa shape index (κ1) is 38.3. The van der Waals surface area contributed by atoms with E-state index in [1.807, 2.05) is 0 Å². The van der Waals surface area contributed by atoms with Crippen LogP contribution in [-0.2, 0) is 0 Å². The van der Waals surface area contributed by atoms with E-state index in [4.69, 9.17) is 15.0 Å². The summed E-state index contributed by atoms with van der Waals surface area (Å²) in [7, 11) is 0. The van der Waals surface area contributed by atoms with Crippen LogP contribution in [0.5, 0.6) is 0 Å². The Morgan fingerprint density at radius 3 is 1.00 bits per heavy atom. The number of carbonyl (C=O) groups excluding carboxylic acids is 1. The minimum absolute atomic E-state index is 0. The molecule has 0 unspecified atom stereocenters. The Morgan fingerprint density at radius 1 is 1.00 bits per heavy atom. The Morgan fingerprint density at radius 2 is 1.00 bits per heavy atom. The van der Waals surface area contributed by atoms with Gasteiger partial charge in [-0.2, -0.15) is 0 Å². The van der Waals surface area contributed by atoms with Gasteiger partial charge >= 0.3 is 148 Å². The molecule has 9 heavy (non-hydrogen) atoms. The quantitative estimate of drug-likeness (QED) is 0.400. The molecule has 0 rings (SSSR count). The molecule has 0 heterocycles. The fraction of sp³-hybridized carbons (Fsp3) is 0. The minimum atomic E-state index is -2.33. The van der Waals surface area contributed by atoms with Gasteiger partial charge in [-0.25, -0.2) is 0 Å². The van der Waals surface area contributed by atoms with Gasteiger partial charge in [0.1, 0.15) is 0 Å². The molecule has 0 saturated carbocycles. The van der Waals surface area contributed by atoms with E-state index >= 15 is 0 Å². The maximum atomic E-state index is 8.33. The molecule has 0 spiro atoms. The third kappa shape index (κ3) is 75.9. The van der Waals surface area contributed by atoms with Crippen molar-refractivity contribution in [2.24, 2.45) is 0 Å². The second-order valence-electron chi connectivity index (χ2n) is 0.250. The predicted octanol–water partition coefficient (Wildman–Crippen LogP) is -9.17. The number of carboxylic acid groups (broad SMARTS) is 2. The smallest absolute Gasteiger partial charge is 0.870 e. The fourth-order valence-electron chi connectivity index (χ4n) is 0. The summed E-state index contributed by atoms with van der Waals surface area (Å²) in [6.07, 6.45) is -2.33. The van der Waals surface area contributed by atoms with Crippen molar-refractivity contribution in [3.05, 3.63) is 0 Å². The largest absolute Gasteiger partial charge is 2.00 e. The summed E-state index contributed by atoms with van der Waals surface area (Å²) in [6, 6.07) is 0. The van der Waals surface area contributed by atoms with Gasteiger partial charge < -0.3 is 26.0 Å². The Hall–Kier alpha value is 3.94. The van der Waals surface area contributed by atoms with Crippen LogP contribution in [-0.4, -0.2) is 62.6 Å². The first-order valence-electron chi connectivity index (χ1n) is 0.612. The Bertz CT molecular complexity index is 37.9.